The van der Waals surface area contributed by atoms with Crippen LogP contribution in [0.15, 0.2) is 54.6 Å². The molecule has 7 heteroatoms. The zero-order chi connectivity index (χ0) is 25.7. The highest BCUT2D eigenvalue weighted by molar-refractivity contribution is 6.30. The summed E-state index contributed by atoms with van der Waals surface area (Å²) in [5, 5.41) is 3.67. The van der Waals surface area contributed by atoms with Gasteiger partial charge in [-0.25, -0.2) is 0 Å². The van der Waals surface area contributed by atoms with Crippen molar-refractivity contribution < 1.29 is 9.59 Å². The van der Waals surface area contributed by atoms with Gasteiger partial charge >= 0.3 is 0 Å². The number of rotatable bonds is 9. The molecule has 2 fully saturated rings. The van der Waals surface area contributed by atoms with E-state index < -0.39 is 0 Å². The molecule has 3 N–H and O–H groups in total. The quantitative estimate of drug-likeness (QED) is 0.532. The van der Waals surface area contributed by atoms with Crippen LogP contribution in [0, 0.1) is 5.92 Å². The Balaban J connectivity index is 1.47. The maximum absolute atomic E-state index is 13.9. The number of nitrogens with one attached hydrogen (secondary N) is 1. The van der Waals surface area contributed by atoms with E-state index in [0.717, 1.165) is 32.2 Å². The van der Waals surface area contributed by atoms with Gasteiger partial charge in [0.25, 0.3) is 5.91 Å². The summed E-state index contributed by atoms with van der Waals surface area (Å²) < 4.78 is 0. The largest absolute Gasteiger partial charge is 0.350 e. The number of benzene rings is 2. The maximum Gasteiger partial charge on any atom is 0.251 e. The van der Waals surface area contributed by atoms with Gasteiger partial charge < -0.3 is 16.0 Å². The molecule has 6 nitrogen and oxygen atoms in total. The van der Waals surface area contributed by atoms with E-state index in [4.69, 9.17) is 17.3 Å². The fraction of sp³-hybridized carbons (Fsp3) is 0.517. The second-order valence-electron chi connectivity index (χ2n) is 10.7. The van der Waals surface area contributed by atoms with Crippen LogP contribution in [0.2, 0.25) is 5.02 Å². The molecule has 2 aliphatic rings. The molecule has 2 aromatic carbocycles. The second-order valence-corrected chi connectivity index (χ2v) is 11.1. The lowest BCUT2D eigenvalue weighted by Crippen LogP contribution is -2.51. The average Bonchev–Trinajstić information content (AvgIpc) is 3.20. The van der Waals surface area contributed by atoms with E-state index in [9.17, 15) is 9.59 Å². The maximum atomic E-state index is 13.9. The van der Waals surface area contributed by atoms with Gasteiger partial charge in [-0.15, -0.1) is 0 Å². The molecule has 1 unspecified atom stereocenters. The first kappa shape index (κ1) is 26.6. The van der Waals surface area contributed by atoms with Gasteiger partial charge in [0.15, 0.2) is 0 Å². The molecule has 0 spiro atoms. The van der Waals surface area contributed by atoms with Crippen molar-refractivity contribution in [1.29, 1.82) is 0 Å². The van der Waals surface area contributed by atoms with Crippen LogP contribution in [0.3, 0.4) is 0 Å². The van der Waals surface area contributed by atoms with Crippen molar-refractivity contribution in [2.24, 2.45) is 11.7 Å². The fourth-order valence-electron chi connectivity index (χ4n) is 5.73. The van der Waals surface area contributed by atoms with Crippen LogP contribution >= 0.6 is 11.6 Å². The van der Waals surface area contributed by atoms with Crippen molar-refractivity contribution in [2.75, 3.05) is 19.6 Å². The molecule has 194 valence electrons. The van der Waals surface area contributed by atoms with Crippen LogP contribution < -0.4 is 11.1 Å². The smallest absolute Gasteiger partial charge is 0.251 e. The van der Waals surface area contributed by atoms with Crippen molar-refractivity contribution in [3.8, 4) is 0 Å². The number of amides is 2. The lowest BCUT2D eigenvalue weighted by Gasteiger charge is -2.34. The minimum Gasteiger partial charge on any atom is -0.350 e. The van der Waals surface area contributed by atoms with Gasteiger partial charge in [0.05, 0.1) is 6.04 Å². The Morgan fingerprint density at radius 2 is 1.86 bits per heavy atom. The van der Waals surface area contributed by atoms with E-state index >= 15 is 0 Å². The minimum absolute atomic E-state index is 0.0197. The van der Waals surface area contributed by atoms with Crippen LogP contribution in [0.5, 0.6) is 0 Å². The van der Waals surface area contributed by atoms with Crippen LogP contribution in [0.1, 0.15) is 55.5 Å². The highest BCUT2D eigenvalue weighted by Gasteiger charge is 2.44. The average molecular weight is 511 g/mol. The molecule has 0 aliphatic carbocycles. The molecule has 0 aromatic heterocycles. The molecule has 4 rings (SSSR count). The number of fused-ring (bicyclic) bond motifs is 1. The topological polar surface area (TPSA) is 78.7 Å². The number of halogens is 1. The van der Waals surface area contributed by atoms with Gasteiger partial charge in [0.2, 0.25) is 5.91 Å². The van der Waals surface area contributed by atoms with Crippen LogP contribution in [0.4, 0.5) is 0 Å². The van der Waals surface area contributed by atoms with Crippen molar-refractivity contribution >= 4 is 23.4 Å². The first-order valence-corrected chi connectivity index (χ1v) is 13.6. The Hall–Kier alpha value is -2.41. The Kier molecular flexibility index (Phi) is 9.04. The first-order chi connectivity index (χ1) is 17.3. The second kappa shape index (κ2) is 12.2. The Morgan fingerprint density at radius 3 is 2.56 bits per heavy atom. The normalized spacial score (nSPS) is 23.4. The Morgan fingerprint density at radius 1 is 1.14 bits per heavy atom. The molecule has 0 saturated carbocycles. The highest BCUT2D eigenvalue weighted by Crippen LogP contribution is 2.30. The third kappa shape index (κ3) is 6.67. The summed E-state index contributed by atoms with van der Waals surface area (Å²) in [6.45, 7) is 6.23. The van der Waals surface area contributed by atoms with Gasteiger partial charge in [0, 0.05) is 48.3 Å². The zero-order valence-corrected chi connectivity index (χ0v) is 22.2. The minimum atomic E-state index is -0.176. The molecule has 2 aliphatic heterocycles. The molecule has 2 heterocycles. The summed E-state index contributed by atoms with van der Waals surface area (Å²) in [5.74, 6) is 0.416. The summed E-state index contributed by atoms with van der Waals surface area (Å²) in [7, 11) is 0. The summed E-state index contributed by atoms with van der Waals surface area (Å²) in [6.07, 6.45) is 4.45. The molecule has 2 aromatic rings. The van der Waals surface area contributed by atoms with Gasteiger partial charge in [0.1, 0.15) is 0 Å². The summed E-state index contributed by atoms with van der Waals surface area (Å²) in [5.41, 5.74) is 8.27. The monoisotopic (exact) mass is 510 g/mol. The van der Waals surface area contributed by atoms with Gasteiger partial charge in [-0.1, -0.05) is 55.8 Å². The SMILES string of the molecule is CC(C)C[C@H](CNC(=O)c1ccc(Cl)cc1)N1CCC(CCc2ccccc2)N2C[C@H](N)C[C@H]2C1=O. The first-order valence-electron chi connectivity index (χ1n) is 13.2. The molecule has 36 heavy (non-hydrogen) atoms. The van der Waals surface area contributed by atoms with E-state index in [2.05, 4.69) is 48.3 Å². The zero-order valence-electron chi connectivity index (χ0n) is 21.4. The lowest BCUT2D eigenvalue weighted by molar-refractivity contribution is -0.137. The van der Waals surface area contributed by atoms with Crippen LogP contribution in [0.25, 0.3) is 0 Å². The fourth-order valence-corrected chi connectivity index (χ4v) is 5.85. The third-order valence-electron chi connectivity index (χ3n) is 7.51. The van der Waals surface area contributed by atoms with Crippen LogP contribution in [-0.4, -0.2) is 65.4 Å². The van der Waals surface area contributed by atoms with Gasteiger partial charge in [-0.05, 0) is 67.9 Å². The number of carbonyl (C=O) groups is 2. The van der Waals surface area contributed by atoms with E-state index in [1.165, 1.54) is 5.56 Å². The third-order valence-corrected chi connectivity index (χ3v) is 7.76. The number of hydrogen-bond donors (Lipinski definition) is 2. The Labute approximate surface area is 220 Å². The number of aryl methyl sites for hydroxylation is 1. The van der Waals surface area contributed by atoms with Crippen molar-refractivity contribution in [3.05, 3.63) is 70.7 Å². The number of hydrogen-bond acceptors (Lipinski definition) is 4. The number of nitrogens with zero attached hydrogens (tertiary/aromatic N) is 2. The molecule has 2 amide bonds. The standard InChI is InChI=1S/C29H39ClN4O2/c1-20(2)16-26(18-32-28(35)22-9-11-23(30)12-10-22)33-15-14-25(13-8-21-6-4-3-5-7-21)34-19-24(31)17-27(34)29(33)36/h3-7,9-12,20,24-27H,8,13-19,31H2,1-2H3,(H,32,35)/t24-,25?,26-,27+/m1/s1. The van der Waals surface area contributed by atoms with E-state index in [1.54, 1.807) is 24.3 Å². The predicted molar refractivity (Wildman–Crippen MR) is 145 cm³/mol. The predicted octanol–water partition coefficient (Wildman–Crippen LogP) is 4.12. The molecular formula is C29H39ClN4O2. The summed E-state index contributed by atoms with van der Waals surface area (Å²) in [4.78, 5) is 31.1. The van der Waals surface area contributed by atoms with Crippen molar-refractivity contribution in [3.63, 3.8) is 0 Å². The van der Waals surface area contributed by atoms with E-state index in [-0.39, 0.29) is 29.9 Å². The summed E-state index contributed by atoms with van der Waals surface area (Å²) in [6, 6.07) is 17.5. The van der Waals surface area contributed by atoms with Crippen molar-refractivity contribution in [1.82, 2.24) is 15.1 Å². The molecular weight excluding hydrogens is 472 g/mol. The number of nitrogens with two attached hydrogens (primary N) is 1. The van der Waals surface area contributed by atoms with Crippen molar-refractivity contribution in [2.45, 2.75) is 70.1 Å². The molecule has 0 radical (unpaired) electrons. The number of carbonyl (C=O) groups excluding carboxylic acids is 2. The van der Waals surface area contributed by atoms with Crippen LogP contribution in [-0.2, 0) is 11.2 Å². The molecule has 2 saturated heterocycles. The van der Waals surface area contributed by atoms with E-state index in [0.29, 0.717) is 42.1 Å². The van der Waals surface area contributed by atoms with Gasteiger partial charge in [-0.3, -0.25) is 14.5 Å². The molecule has 0 bridgehead atoms. The highest BCUT2D eigenvalue weighted by atomic mass is 35.5. The molecule has 4 atom stereocenters. The lowest BCUT2D eigenvalue weighted by atomic mass is 10.00. The van der Waals surface area contributed by atoms with E-state index in [1.807, 2.05) is 11.0 Å². The van der Waals surface area contributed by atoms with Gasteiger partial charge in [-0.2, -0.15) is 0 Å². The Bertz CT molecular complexity index is 1010. The summed E-state index contributed by atoms with van der Waals surface area (Å²) >= 11 is 5.97.